The Morgan fingerprint density at radius 1 is 1.21 bits per heavy atom. The maximum Gasteiger partial charge on any atom is 0.277 e. The summed E-state index contributed by atoms with van der Waals surface area (Å²) >= 11 is 6.20. The molecule has 0 bridgehead atoms. The second-order valence-electron chi connectivity index (χ2n) is 6.36. The van der Waals surface area contributed by atoms with Crippen LogP contribution in [-0.4, -0.2) is 23.4 Å². The van der Waals surface area contributed by atoms with Crippen LogP contribution in [-0.2, 0) is 4.79 Å². The summed E-state index contributed by atoms with van der Waals surface area (Å²) in [6, 6.07) is 13.1. The van der Waals surface area contributed by atoms with Crippen LogP contribution in [0.4, 0.5) is 0 Å². The van der Waals surface area contributed by atoms with Crippen LogP contribution in [0.2, 0.25) is 5.02 Å². The smallest absolute Gasteiger partial charge is 0.277 e. The van der Waals surface area contributed by atoms with Crippen LogP contribution >= 0.6 is 11.6 Å². The molecule has 2 aromatic carbocycles. The van der Waals surface area contributed by atoms with Crippen molar-refractivity contribution in [3.63, 3.8) is 0 Å². The lowest BCUT2D eigenvalue weighted by atomic mass is 10.1. The number of hydrogen-bond acceptors (Lipinski definition) is 5. The van der Waals surface area contributed by atoms with Crippen LogP contribution in [0, 0.1) is 13.8 Å². The minimum Gasteiger partial charge on any atom is -0.483 e. The molecule has 6 nitrogen and oxygen atoms in total. The van der Waals surface area contributed by atoms with Crippen molar-refractivity contribution in [1.82, 2.24) is 10.6 Å². The van der Waals surface area contributed by atoms with Crippen molar-refractivity contribution in [2.24, 2.45) is 5.10 Å². The Morgan fingerprint density at radius 3 is 2.64 bits per heavy atom. The van der Waals surface area contributed by atoms with Gasteiger partial charge in [-0.05, 0) is 44.0 Å². The van der Waals surface area contributed by atoms with Gasteiger partial charge in [-0.3, -0.25) is 4.79 Å². The molecule has 0 spiro atoms. The Labute approximate surface area is 168 Å². The molecule has 0 atom stereocenters. The summed E-state index contributed by atoms with van der Waals surface area (Å²) in [6.07, 6.45) is 1.53. The van der Waals surface area contributed by atoms with Gasteiger partial charge in [-0.2, -0.15) is 5.10 Å². The summed E-state index contributed by atoms with van der Waals surface area (Å²) in [4.78, 5) is 12.2. The zero-order valence-electron chi connectivity index (χ0n) is 15.8. The molecule has 0 fully saturated rings. The van der Waals surface area contributed by atoms with Gasteiger partial charge in [-0.25, -0.2) is 5.43 Å². The number of hydrazone groups is 1. The molecule has 1 heterocycles. The maximum absolute atomic E-state index is 12.2. The number of halogens is 1. The average molecular weight is 398 g/mol. The number of ether oxygens (including phenoxy) is 1. The van der Waals surface area contributed by atoms with Crippen molar-refractivity contribution in [3.05, 3.63) is 70.4 Å². The second kappa shape index (κ2) is 8.71. The molecule has 3 aromatic rings. The number of nitrogens with one attached hydrogen (secondary N) is 1. The zero-order valence-corrected chi connectivity index (χ0v) is 16.6. The van der Waals surface area contributed by atoms with Crippen LogP contribution in [0.3, 0.4) is 0 Å². The standard InChI is InChI=1S/C21H20ClN3O3/c1-13-4-6-16(7-5-13)15(3)24-25-21(26)12-27-20-10-14(2)18(22)11-17(20)19-8-9-23-28-19/h4-11H,12H2,1-3H3,(H,25,26)/b24-15-. The third-order valence-electron chi connectivity index (χ3n) is 4.14. The van der Waals surface area contributed by atoms with E-state index in [-0.39, 0.29) is 12.5 Å². The third kappa shape index (κ3) is 4.78. The molecule has 3 rings (SSSR count). The average Bonchev–Trinajstić information content (AvgIpc) is 3.21. The highest BCUT2D eigenvalue weighted by Crippen LogP contribution is 2.34. The molecule has 0 aliphatic carbocycles. The van der Waals surface area contributed by atoms with Gasteiger partial charge in [0.15, 0.2) is 12.4 Å². The lowest BCUT2D eigenvalue weighted by molar-refractivity contribution is -0.123. The van der Waals surface area contributed by atoms with Crippen molar-refractivity contribution in [2.75, 3.05) is 6.61 Å². The Balaban J connectivity index is 1.67. The molecule has 1 aromatic heterocycles. The summed E-state index contributed by atoms with van der Waals surface area (Å²) in [5.41, 5.74) is 6.77. The minimum absolute atomic E-state index is 0.202. The summed E-state index contributed by atoms with van der Waals surface area (Å²) in [7, 11) is 0. The SMILES string of the molecule is C/C(=N/NC(=O)COc1cc(C)c(Cl)cc1-c1ccno1)c1ccc(C)cc1. The number of rotatable bonds is 6. The van der Waals surface area contributed by atoms with E-state index in [1.165, 1.54) is 6.20 Å². The van der Waals surface area contributed by atoms with Gasteiger partial charge >= 0.3 is 0 Å². The molecular weight excluding hydrogens is 378 g/mol. The normalized spacial score (nSPS) is 11.4. The first-order valence-corrected chi connectivity index (χ1v) is 9.06. The highest BCUT2D eigenvalue weighted by Gasteiger charge is 2.14. The molecule has 144 valence electrons. The lowest BCUT2D eigenvalue weighted by Gasteiger charge is -2.11. The molecular formula is C21H20ClN3O3. The maximum atomic E-state index is 12.2. The molecule has 0 radical (unpaired) electrons. The predicted molar refractivity (Wildman–Crippen MR) is 109 cm³/mol. The van der Waals surface area contributed by atoms with Crippen molar-refractivity contribution in [2.45, 2.75) is 20.8 Å². The van der Waals surface area contributed by atoms with Crippen LogP contribution in [0.15, 0.2) is 58.3 Å². The fraction of sp³-hybridized carbons (Fsp3) is 0.190. The number of hydrogen-bond donors (Lipinski definition) is 1. The molecule has 0 saturated carbocycles. The van der Waals surface area contributed by atoms with Crippen LogP contribution in [0.1, 0.15) is 23.6 Å². The first kappa shape index (κ1) is 19.6. The number of aromatic nitrogens is 1. The molecule has 0 saturated heterocycles. The minimum atomic E-state index is -0.373. The number of benzene rings is 2. The van der Waals surface area contributed by atoms with Crippen molar-refractivity contribution < 1.29 is 14.1 Å². The highest BCUT2D eigenvalue weighted by molar-refractivity contribution is 6.31. The van der Waals surface area contributed by atoms with E-state index in [2.05, 4.69) is 15.7 Å². The van der Waals surface area contributed by atoms with E-state index in [1.807, 2.05) is 45.0 Å². The molecule has 0 aliphatic rings. The molecule has 7 heteroatoms. The Morgan fingerprint density at radius 2 is 1.96 bits per heavy atom. The van der Waals surface area contributed by atoms with E-state index < -0.39 is 0 Å². The third-order valence-corrected chi connectivity index (χ3v) is 4.55. The van der Waals surface area contributed by atoms with Crippen LogP contribution < -0.4 is 10.2 Å². The summed E-state index contributed by atoms with van der Waals surface area (Å²) in [6.45, 7) is 5.50. The fourth-order valence-corrected chi connectivity index (χ4v) is 2.67. The number of aryl methyl sites for hydroxylation is 2. The number of nitrogens with zero attached hydrogens (tertiary/aromatic N) is 2. The van der Waals surface area contributed by atoms with E-state index in [0.717, 1.165) is 16.7 Å². The first-order valence-electron chi connectivity index (χ1n) is 8.68. The van der Waals surface area contributed by atoms with E-state index in [4.69, 9.17) is 20.9 Å². The van der Waals surface area contributed by atoms with Crippen molar-refractivity contribution in [3.8, 4) is 17.1 Å². The largest absolute Gasteiger partial charge is 0.483 e. The highest BCUT2D eigenvalue weighted by atomic mass is 35.5. The monoisotopic (exact) mass is 397 g/mol. The zero-order chi connectivity index (χ0) is 20.1. The Bertz CT molecular complexity index is 996. The second-order valence-corrected chi connectivity index (χ2v) is 6.77. The van der Waals surface area contributed by atoms with Gasteiger partial charge < -0.3 is 9.26 Å². The molecule has 1 amide bonds. The molecule has 28 heavy (non-hydrogen) atoms. The van der Waals surface area contributed by atoms with Crippen LogP contribution in [0.25, 0.3) is 11.3 Å². The molecule has 0 aliphatic heterocycles. The summed E-state index contributed by atoms with van der Waals surface area (Å²) in [5, 5.41) is 8.40. The van der Waals surface area contributed by atoms with Gasteiger partial charge in [-0.1, -0.05) is 46.6 Å². The van der Waals surface area contributed by atoms with Gasteiger partial charge in [0.2, 0.25) is 0 Å². The van der Waals surface area contributed by atoms with Gasteiger partial charge in [0, 0.05) is 11.1 Å². The number of amides is 1. The predicted octanol–water partition coefficient (Wildman–Crippen LogP) is 4.53. The van der Waals surface area contributed by atoms with E-state index in [9.17, 15) is 4.79 Å². The van der Waals surface area contributed by atoms with Crippen LogP contribution in [0.5, 0.6) is 5.75 Å². The quantitative estimate of drug-likeness (QED) is 0.489. The fourth-order valence-electron chi connectivity index (χ4n) is 2.50. The van der Waals surface area contributed by atoms with E-state index in [1.54, 1.807) is 18.2 Å². The molecule has 1 N–H and O–H groups in total. The van der Waals surface area contributed by atoms with Gasteiger partial charge in [0.05, 0.1) is 17.5 Å². The van der Waals surface area contributed by atoms with Gasteiger partial charge in [-0.15, -0.1) is 0 Å². The number of carbonyl (C=O) groups excluding carboxylic acids is 1. The number of carbonyl (C=O) groups is 1. The first-order chi connectivity index (χ1) is 13.4. The topological polar surface area (TPSA) is 76.7 Å². The van der Waals surface area contributed by atoms with E-state index in [0.29, 0.717) is 27.8 Å². The van der Waals surface area contributed by atoms with Gasteiger partial charge in [0.25, 0.3) is 5.91 Å². The lowest BCUT2D eigenvalue weighted by Crippen LogP contribution is -2.25. The summed E-state index contributed by atoms with van der Waals surface area (Å²) < 4.78 is 10.9. The van der Waals surface area contributed by atoms with Crippen molar-refractivity contribution >= 4 is 23.2 Å². The van der Waals surface area contributed by atoms with Gasteiger partial charge in [0.1, 0.15) is 5.75 Å². The molecule has 0 unspecified atom stereocenters. The Hall–Kier alpha value is -3.12. The van der Waals surface area contributed by atoms with Crippen molar-refractivity contribution in [1.29, 1.82) is 0 Å². The summed E-state index contributed by atoms with van der Waals surface area (Å²) in [5.74, 6) is 0.612. The van der Waals surface area contributed by atoms with E-state index >= 15 is 0 Å². The Kier molecular flexibility index (Phi) is 6.11.